The van der Waals surface area contributed by atoms with Gasteiger partial charge in [0.05, 0.1) is 10.0 Å². The Morgan fingerprint density at radius 3 is 1.26 bits per heavy atom. The third-order valence-corrected chi connectivity index (χ3v) is 8.19. The van der Waals surface area contributed by atoms with Crippen LogP contribution in [-0.2, 0) is 9.59 Å². The Morgan fingerprint density at radius 2 is 0.891 bits per heavy atom. The smallest absolute Gasteiger partial charge is 0.255 e. The van der Waals surface area contributed by atoms with E-state index in [1.807, 2.05) is 0 Å². The molecule has 0 bridgehead atoms. The molecule has 0 heterocycles. The second kappa shape index (κ2) is 14.5. The Kier molecular flexibility index (Phi) is 10.3. The number of benzene rings is 4. The van der Waals surface area contributed by atoms with Crippen LogP contribution in [0.1, 0.15) is 46.4 Å². The van der Waals surface area contributed by atoms with Crippen LogP contribution in [0.3, 0.4) is 0 Å². The molecule has 0 atom stereocenters. The molecule has 12 heteroatoms. The molecule has 0 spiro atoms. The van der Waals surface area contributed by atoms with Gasteiger partial charge in [0.2, 0.25) is 11.8 Å². The number of carbonyl (C=O) groups is 4. The standard InChI is InChI=1S/C34H28Cl2F2N4O4/c35-27-17-25(11-13-29(27)37)41-33(45)21-3-1-5-23(15-21)39-31(43)19-7-9-20(10-8-19)32(44)40-24-6-2-4-22(16-24)34(46)42-26-12-14-30(38)28(36)18-26/h1-6,11-20H,7-10H2,(H,39,43)(H,40,44)(H,41,45)(H,42,46). The van der Waals surface area contributed by atoms with Crippen LogP contribution in [-0.4, -0.2) is 23.6 Å². The fourth-order valence-electron chi connectivity index (χ4n) is 5.14. The molecule has 0 saturated heterocycles. The van der Waals surface area contributed by atoms with Crippen molar-refractivity contribution in [1.29, 1.82) is 0 Å². The second-order valence-electron chi connectivity index (χ2n) is 10.9. The monoisotopic (exact) mass is 664 g/mol. The third-order valence-electron chi connectivity index (χ3n) is 7.61. The molecule has 1 saturated carbocycles. The number of nitrogens with one attached hydrogen (secondary N) is 4. The number of amides is 4. The molecule has 1 fully saturated rings. The van der Waals surface area contributed by atoms with Gasteiger partial charge in [-0.1, -0.05) is 35.3 Å². The van der Waals surface area contributed by atoms with E-state index in [2.05, 4.69) is 21.3 Å². The van der Waals surface area contributed by atoms with Crippen molar-refractivity contribution in [3.8, 4) is 0 Å². The highest BCUT2D eigenvalue weighted by Crippen LogP contribution is 2.31. The molecular weight excluding hydrogens is 637 g/mol. The summed E-state index contributed by atoms with van der Waals surface area (Å²) in [5.41, 5.74) is 2.14. The van der Waals surface area contributed by atoms with Gasteiger partial charge in [-0.05, 0) is 98.5 Å². The minimum atomic E-state index is -0.595. The van der Waals surface area contributed by atoms with E-state index in [1.165, 1.54) is 24.3 Å². The average molecular weight is 666 g/mol. The maximum atomic E-state index is 13.4. The molecule has 0 radical (unpaired) electrons. The molecule has 0 aromatic heterocycles. The molecule has 4 aromatic rings. The van der Waals surface area contributed by atoms with E-state index in [0.717, 1.165) is 12.1 Å². The second-order valence-corrected chi connectivity index (χ2v) is 11.7. The fraction of sp³-hybridized carbons (Fsp3) is 0.176. The van der Waals surface area contributed by atoms with Crippen molar-refractivity contribution in [2.45, 2.75) is 25.7 Å². The van der Waals surface area contributed by atoms with Gasteiger partial charge in [-0.25, -0.2) is 8.78 Å². The van der Waals surface area contributed by atoms with E-state index in [1.54, 1.807) is 48.5 Å². The molecule has 0 aliphatic heterocycles. The minimum Gasteiger partial charge on any atom is -0.326 e. The largest absolute Gasteiger partial charge is 0.326 e. The van der Waals surface area contributed by atoms with Gasteiger partial charge in [0.25, 0.3) is 11.8 Å². The zero-order valence-electron chi connectivity index (χ0n) is 24.2. The average Bonchev–Trinajstić information content (AvgIpc) is 3.05. The molecule has 4 amide bonds. The first-order valence-corrected chi connectivity index (χ1v) is 15.2. The summed E-state index contributed by atoms with van der Waals surface area (Å²) in [6.45, 7) is 0. The lowest BCUT2D eigenvalue weighted by molar-refractivity contribution is -0.125. The minimum absolute atomic E-state index is 0.115. The molecule has 4 aromatic carbocycles. The highest BCUT2D eigenvalue weighted by Gasteiger charge is 2.30. The van der Waals surface area contributed by atoms with Crippen molar-refractivity contribution >= 4 is 69.6 Å². The summed E-state index contributed by atoms with van der Waals surface area (Å²) >= 11 is 11.6. The quantitative estimate of drug-likeness (QED) is 0.152. The van der Waals surface area contributed by atoms with Gasteiger partial charge in [-0.3, -0.25) is 19.2 Å². The summed E-state index contributed by atoms with van der Waals surface area (Å²) in [6.07, 6.45) is 1.99. The lowest BCUT2D eigenvalue weighted by Gasteiger charge is -2.27. The first kappa shape index (κ1) is 32.6. The van der Waals surface area contributed by atoms with Gasteiger partial charge in [0.15, 0.2) is 0 Å². The van der Waals surface area contributed by atoms with Gasteiger partial charge in [0, 0.05) is 45.7 Å². The number of hydrogen-bond acceptors (Lipinski definition) is 4. The first-order valence-electron chi connectivity index (χ1n) is 14.4. The topological polar surface area (TPSA) is 116 Å². The van der Waals surface area contributed by atoms with Crippen LogP contribution < -0.4 is 21.3 Å². The van der Waals surface area contributed by atoms with Crippen molar-refractivity contribution < 1.29 is 28.0 Å². The van der Waals surface area contributed by atoms with Crippen LogP contribution in [0.15, 0.2) is 84.9 Å². The maximum absolute atomic E-state index is 13.4. The molecule has 4 N–H and O–H groups in total. The summed E-state index contributed by atoms with van der Waals surface area (Å²) in [5, 5.41) is 10.8. The summed E-state index contributed by atoms with van der Waals surface area (Å²) in [6, 6.07) is 20.6. The number of hydrogen-bond donors (Lipinski definition) is 4. The highest BCUT2D eigenvalue weighted by molar-refractivity contribution is 6.31. The lowest BCUT2D eigenvalue weighted by atomic mass is 9.81. The molecule has 46 heavy (non-hydrogen) atoms. The van der Waals surface area contributed by atoms with Gasteiger partial charge < -0.3 is 21.3 Å². The lowest BCUT2D eigenvalue weighted by Crippen LogP contribution is -2.32. The van der Waals surface area contributed by atoms with E-state index >= 15 is 0 Å². The van der Waals surface area contributed by atoms with Crippen LogP contribution in [0.2, 0.25) is 10.0 Å². The molecular formula is C34H28Cl2F2N4O4. The number of carbonyl (C=O) groups excluding carboxylic acids is 4. The number of anilines is 4. The van der Waals surface area contributed by atoms with E-state index in [0.29, 0.717) is 59.6 Å². The van der Waals surface area contributed by atoms with Crippen molar-refractivity contribution in [3.63, 3.8) is 0 Å². The maximum Gasteiger partial charge on any atom is 0.255 e. The van der Waals surface area contributed by atoms with Crippen LogP contribution in [0, 0.1) is 23.5 Å². The summed E-state index contributed by atoms with van der Waals surface area (Å²) in [7, 11) is 0. The zero-order valence-corrected chi connectivity index (χ0v) is 25.7. The Labute approximate surface area is 273 Å². The van der Waals surface area contributed by atoms with Gasteiger partial charge in [0.1, 0.15) is 11.6 Å². The normalized spacial score (nSPS) is 15.8. The van der Waals surface area contributed by atoms with E-state index in [-0.39, 0.29) is 33.7 Å². The van der Waals surface area contributed by atoms with Gasteiger partial charge >= 0.3 is 0 Å². The highest BCUT2D eigenvalue weighted by atomic mass is 35.5. The fourth-order valence-corrected chi connectivity index (χ4v) is 5.50. The van der Waals surface area contributed by atoms with Crippen molar-refractivity contribution in [3.05, 3.63) is 118 Å². The SMILES string of the molecule is O=C(Nc1ccc(F)c(Cl)c1)c1cccc(NC(=O)C2CCC(C(=O)Nc3cccc(C(=O)Nc4ccc(F)c(Cl)c4)c3)CC2)c1. The molecule has 1 aliphatic carbocycles. The molecule has 236 valence electrons. The molecule has 8 nitrogen and oxygen atoms in total. The third kappa shape index (κ3) is 8.26. The number of rotatable bonds is 8. The van der Waals surface area contributed by atoms with E-state index < -0.39 is 23.4 Å². The summed E-state index contributed by atoms with van der Waals surface area (Å²) in [4.78, 5) is 51.4. The van der Waals surface area contributed by atoms with Gasteiger partial charge in [-0.15, -0.1) is 0 Å². The van der Waals surface area contributed by atoms with Crippen LogP contribution in [0.25, 0.3) is 0 Å². The molecule has 1 aliphatic rings. The first-order chi connectivity index (χ1) is 22.0. The Hall–Kier alpha value is -4.80. The van der Waals surface area contributed by atoms with Crippen molar-refractivity contribution in [2.24, 2.45) is 11.8 Å². The molecule has 5 rings (SSSR count). The van der Waals surface area contributed by atoms with Crippen LogP contribution in [0.4, 0.5) is 31.5 Å². The van der Waals surface area contributed by atoms with Crippen LogP contribution >= 0.6 is 23.2 Å². The van der Waals surface area contributed by atoms with Gasteiger partial charge in [-0.2, -0.15) is 0 Å². The predicted molar refractivity (Wildman–Crippen MR) is 174 cm³/mol. The Bertz CT molecular complexity index is 1680. The molecule has 0 unspecified atom stereocenters. The van der Waals surface area contributed by atoms with E-state index in [4.69, 9.17) is 23.2 Å². The summed E-state index contributed by atoms with van der Waals surface area (Å²) < 4.78 is 26.8. The zero-order chi connectivity index (χ0) is 32.8. The van der Waals surface area contributed by atoms with E-state index in [9.17, 15) is 28.0 Å². The Balaban J connectivity index is 1.11. The van der Waals surface area contributed by atoms with Crippen LogP contribution in [0.5, 0.6) is 0 Å². The number of halogens is 4. The van der Waals surface area contributed by atoms with Crippen molar-refractivity contribution in [1.82, 2.24) is 0 Å². The predicted octanol–water partition coefficient (Wildman–Crippen LogP) is 8.16. The summed E-state index contributed by atoms with van der Waals surface area (Å²) in [5.74, 6) is -3.12. The Morgan fingerprint density at radius 1 is 0.522 bits per heavy atom. The van der Waals surface area contributed by atoms with Crippen molar-refractivity contribution in [2.75, 3.05) is 21.3 Å².